The molecule has 0 amide bonds. The first-order chi connectivity index (χ1) is 13.6. The number of carbonyl (C=O) groups excluding carboxylic acids is 1. The number of halogens is 1. The number of nitrogens with zero attached hydrogens (tertiary/aromatic N) is 3. The Labute approximate surface area is 165 Å². The maximum atomic E-state index is 12.7. The van der Waals surface area contributed by atoms with Crippen LogP contribution in [-0.2, 0) is 13.1 Å². The van der Waals surface area contributed by atoms with Gasteiger partial charge >= 0.3 is 0 Å². The second-order valence-electron chi connectivity index (χ2n) is 6.33. The zero-order chi connectivity index (χ0) is 19.5. The van der Waals surface area contributed by atoms with Crippen molar-refractivity contribution in [1.82, 2.24) is 15.0 Å². The van der Waals surface area contributed by atoms with Gasteiger partial charge in [0.25, 0.3) is 0 Å². The molecule has 0 aliphatic heterocycles. The first-order valence-corrected chi connectivity index (χ1v) is 9.57. The summed E-state index contributed by atoms with van der Waals surface area (Å²) in [6.45, 7) is 1.08. The number of alkyl halides is 1. The summed E-state index contributed by atoms with van der Waals surface area (Å²) in [6, 6.07) is 14.6. The standard InChI is InChI=1S/C21H17FN4OS/c1-13(27)17-5-3-2-4-15(17)10-18-26-19-20(23-12-24-21(19)28-18)25-16-8-6-14(11-22)7-9-16/h2-9,12H,10-11H2,1H3,(H,23,24,25). The summed E-state index contributed by atoms with van der Waals surface area (Å²) >= 11 is 1.48. The van der Waals surface area contributed by atoms with E-state index in [1.807, 2.05) is 24.3 Å². The zero-order valence-electron chi connectivity index (χ0n) is 15.1. The average molecular weight is 392 g/mol. The number of hydrogen-bond donors (Lipinski definition) is 1. The maximum absolute atomic E-state index is 12.7. The molecule has 0 saturated carbocycles. The molecule has 5 nitrogen and oxygen atoms in total. The minimum absolute atomic E-state index is 0.0376. The van der Waals surface area contributed by atoms with E-state index in [2.05, 4.69) is 15.3 Å². The number of ketones is 1. The van der Waals surface area contributed by atoms with E-state index in [1.165, 1.54) is 17.7 Å². The molecule has 0 aliphatic rings. The second-order valence-corrected chi connectivity index (χ2v) is 7.39. The van der Waals surface area contributed by atoms with Crippen molar-refractivity contribution in [2.75, 3.05) is 5.32 Å². The lowest BCUT2D eigenvalue weighted by atomic mass is 10.0. The van der Waals surface area contributed by atoms with Gasteiger partial charge < -0.3 is 5.32 Å². The zero-order valence-corrected chi connectivity index (χ0v) is 16.0. The summed E-state index contributed by atoms with van der Waals surface area (Å²) in [5, 5.41) is 4.08. The fraction of sp³-hybridized carbons (Fsp3) is 0.143. The molecule has 7 heteroatoms. The number of benzene rings is 2. The van der Waals surface area contributed by atoms with Crippen LogP contribution in [0.1, 0.15) is 33.4 Å². The molecule has 2 aromatic heterocycles. The summed E-state index contributed by atoms with van der Waals surface area (Å²) in [7, 11) is 0. The van der Waals surface area contributed by atoms with Crippen molar-refractivity contribution in [2.45, 2.75) is 20.0 Å². The molecule has 0 spiro atoms. The Morgan fingerprint density at radius 3 is 2.64 bits per heavy atom. The van der Waals surface area contributed by atoms with Crippen LogP contribution in [-0.4, -0.2) is 20.7 Å². The SMILES string of the molecule is CC(=O)c1ccccc1Cc1nc2c(Nc3ccc(CF)cc3)ncnc2s1. The van der Waals surface area contributed by atoms with E-state index < -0.39 is 6.67 Å². The molecule has 4 aromatic rings. The molecule has 0 aliphatic carbocycles. The topological polar surface area (TPSA) is 67.8 Å². The van der Waals surface area contributed by atoms with Crippen molar-refractivity contribution in [3.63, 3.8) is 0 Å². The van der Waals surface area contributed by atoms with Crippen molar-refractivity contribution in [3.05, 3.63) is 76.6 Å². The molecule has 1 N–H and O–H groups in total. The van der Waals surface area contributed by atoms with Gasteiger partial charge in [-0.15, -0.1) is 0 Å². The highest BCUT2D eigenvalue weighted by Crippen LogP contribution is 2.28. The fourth-order valence-corrected chi connectivity index (χ4v) is 3.89. The molecule has 0 atom stereocenters. The quantitative estimate of drug-likeness (QED) is 0.463. The Kier molecular flexibility index (Phi) is 5.08. The number of hydrogen-bond acceptors (Lipinski definition) is 6. The smallest absolute Gasteiger partial charge is 0.161 e. The van der Waals surface area contributed by atoms with Crippen LogP contribution in [0.4, 0.5) is 15.9 Å². The van der Waals surface area contributed by atoms with Gasteiger partial charge in [0, 0.05) is 17.7 Å². The Morgan fingerprint density at radius 2 is 1.89 bits per heavy atom. The Morgan fingerprint density at radius 1 is 1.11 bits per heavy atom. The fourth-order valence-electron chi connectivity index (χ4n) is 2.96. The monoisotopic (exact) mass is 392 g/mol. The molecule has 2 heterocycles. The molecule has 2 aromatic carbocycles. The summed E-state index contributed by atoms with van der Waals surface area (Å²) in [5.74, 6) is 0.635. The molecule has 28 heavy (non-hydrogen) atoms. The molecular weight excluding hydrogens is 375 g/mol. The third kappa shape index (κ3) is 3.75. The number of carbonyl (C=O) groups is 1. The van der Waals surface area contributed by atoms with Crippen molar-refractivity contribution in [1.29, 1.82) is 0 Å². The van der Waals surface area contributed by atoms with Gasteiger partial charge in [-0.25, -0.2) is 19.3 Å². The molecule has 140 valence electrons. The number of anilines is 2. The predicted octanol–water partition coefficient (Wildman–Crippen LogP) is 5.09. The van der Waals surface area contributed by atoms with E-state index in [-0.39, 0.29) is 5.78 Å². The number of nitrogens with one attached hydrogen (secondary N) is 1. The normalized spacial score (nSPS) is 10.9. The molecule has 0 bridgehead atoms. The van der Waals surface area contributed by atoms with Gasteiger partial charge in [0.05, 0.1) is 0 Å². The van der Waals surface area contributed by atoms with Gasteiger partial charge in [-0.05, 0) is 30.2 Å². The Hall–Kier alpha value is -3.19. The van der Waals surface area contributed by atoms with Crippen molar-refractivity contribution >= 4 is 39.0 Å². The van der Waals surface area contributed by atoms with E-state index in [4.69, 9.17) is 4.98 Å². The number of rotatable bonds is 6. The molecule has 4 rings (SSSR count). The van der Waals surface area contributed by atoms with E-state index in [9.17, 15) is 9.18 Å². The highest BCUT2D eigenvalue weighted by atomic mass is 32.1. The third-order valence-corrected chi connectivity index (χ3v) is 5.31. The average Bonchev–Trinajstić information content (AvgIpc) is 3.12. The number of fused-ring (bicyclic) bond motifs is 1. The highest BCUT2D eigenvalue weighted by Gasteiger charge is 2.14. The van der Waals surface area contributed by atoms with E-state index in [0.29, 0.717) is 28.9 Å². The van der Waals surface area contributed by atoms with Crippen LogP contribution in [0.3, 0.4) is 0 Å². The van der Waals surface area contributed by atoms with Gasteiger partial charge in [-0.2, -0.15) is 0 Å². The second kappa shape index (κ2) is 7.82. The maximum Gasteiger partial charge on any atom is 0.161 e. The molecule has 0 saturated heterocycles. The summed E-state index contributed by atoms with van der Waals surface area (Å²) < 4.78 is 12.7. The summed E-state index contributed by atoms with van der Waals surface area (Å²) in [4.78, 5) is 26.0. The third-order valence-electron chi connectivity index (χ3n) is 4.35. The lowest BCUT2D eigenvalue weighted by Crippen LogP contribution is -2.00. The number of Topliss-reactive ketones (excluding diaryl/α,β-unsaturated/α-hetero) is 1. The first-order valence-electron chi connectivity index (χ1n) is 8.75. The molecule has 0 unspecified atom stereocenters. The van der Waals surface area contributed by atoms with E-state index >= 15 is 0 Å². The lowest BCUT2D eigenvalue weighted by Gasteiger charge is -2.06. The molecule has 0 fully saturated rings. The van der Waals surface area contributed by atoms with Crippen molar-refractivity contribution in [2.24, 2.45) is 0 Å². The van der Waals surface area contributed by atoms with Crippen molar-refractivity contribution in [3.8, 4) is 0 Å². The van der Waals surface area contributed by atoms with Crippen LogP contribution < -0.4 is 5.32 Å². The summed E-state index contributed by atoms with van der Waals surface area (Å²) in [6.07, 6.45) is 2.05. The van der Waals surface area contributed by atoms with E-state index in [1.54, 1.807) is 31.2 Å². The lowest BCUT2D eigenvalue weighted by molar-refractivity contribution is 0.101. The van der Waals surface area contributed by atoms with Gasteiger partial charge in [-0.1, -0.05) is 47.7 Å². The largest absolute Gasteiger partial charge is 0.338 e. The summed E-state index contributed by atoms with van der Waals surface area (Å²) in [5.41, 5.74) is 3.75. The van der Waals surface area contributed by atoms with Gasteiger partial charge in [-0.3, -0.25) is 4.79 Å². The van der Waals surface area contributed by atoms with E-state index in [0.717, 1.165) is 21.1 Å². The minimum atomic E-state index is -0.491. The van der Waals surface area contributed by atoms with Crippen LogP contribution in [0.2, 0.25) is 0 Å². The van der Waals surface area contributed by atoms with Gasteiger partial charge in [0.2, 0.25) is 0 Å². The minimum Gasteiger partial charge on any atom is -0.338 e. The van der Waals surface area contributed by atoms with Crippen LogP contribution in [0.15, 0.2) is 54.9 Å². The first kappa shape index (κ1) is 18.2. The van der Waals surface area contributed by atoms with Crippen LogP contribution in [0, 0.1) is 0 Å². The van der Waals surface area contributed by atoms with Crippen molar-refractivity contribution < 1.29 is 9.18 Å². The number of thiazole rings is 1. The highest BCUT2D eigenvalue weighted by molar-refractivity contribution is 7.18. The predicted molar refractivity (Wildman–Crippen MR) is 109 cm³/mol. The Bertz CT molecular complexity index is 1140. The molecular formula is C21H17FN4OS. The van der Waals surface area contributed by atoms with Crippen LogP contribution >= 0.6 is 11.3 Å². The van der Waals surface area contributed by atoms with Gasteiger partial charge in [0.15, 0.2) is 11.6 Å². The van der Waals surface area contributed by atoms with Gasteiger partial charge in [0.1, 0.15) is 28.4 Å². The Balaban J connectivity index is 1.64. The van der Waals surface area contributed by atoms with Crippen LogP contribution in [0.5, 0.6) is 0 Å². The molecule has 0 radical (unpaired) electrons. The number of aromatic nitrogens is 3. The van der Waals surface area contributed by atoms with Crippen LogP contribution in [0.25, 0.3) is 10.3 Å².